The van der Waals surface area contributed by atoms with E-state index in [-0.39, 0.29) is 0 Å². The predicted octanol–water partition coefficient (Wildman–Crippen LogP) is 2.78. The zero-order chi connectivity index (χ0) is 12.7. The van der Waals surface area contributed by atoms with Crippen LogP contribution in [0.5, 0.6) is 0 Å². The summed E-state index contributed by atoms with van der Waals surface area (Å²) in [5.41, 5.74) is 2.10. The average Bonchev–Trinajstić information content (AvgIpc) is 2.29. The number of ether oxygens (including phenoxy) is 1. The fourth-order valence-electron chi connectivity index (χ4n) is 1.39. The quantitative estimate of drug-likeness (QED) is 0.790. The fraction of sp³-hybridized carbons (Fsp3) is 0.462. The van der Waals surface area contributed by atoms with Gasteiger partial charge in [0.05, 0.1) is 6.61 Å². The van der Waals surface area contributed by atoms with Crippen LogP contribution >= 0.6 is 12.2 Å². The Morgan fingerprint density at radius 1 is 1.35 bits per heavy atom. The molecule has 2 N–H and O–H groups in total. The Hall–Kier alpha value is -1.13. The maximum Gasteiger partial charge on any atom is 0.170 e. The van der Waals surface area contributed by atoms with Gasteiger partial charge in [0, 0.05) is 24.9 Å². The van der Waals surface area contributed by atoms with Crippen LogP contribution in [0.15, 0.2) is 24.3 Å². The van der Waals surface area contributed by atoms with Crippen LogP contribution in [0.25, 0.3) is 0 Å². The maximum atomic E-state index is 5.24. The van der Waals surface area contributed by atoms with Gasteiger partial charge in [-0.15, -0.1) is 0 Å². The lowest BCUT2D eigenvalue weighted by Crippen LogP contribution is -2.31. The summed E-state index contributed by atoms with van der Waals surface area (Å²) >= 11 is 5.24. The molecule has 0 aliphatic rings. The van der Waals surface area contributed by atoms with E-state index in [1.54, 1.807) is 7.11 Å². The van der Waals surface area contributed by atoms with E-state index in [2.05, 4.69) is 24.5 Å². The van der Waals surface area contributed by atoms with Crippen LogP contribution in [0.3, 0.4) is 0 Å². The van der Waals surface area contributed by atoms with Gasteiger partial charge in [-0.25, -0.2) is 0 Å². The SMILES string of the molecule is COCc1ccccc1NC(=S)NCC(C)C. The summed E-state index contributed by atoms with van der Waals surface area (Å²) in [5.74, 6) is 0.573. The first kappa shape index (κ1) is 13.9. The van der Waals surface area contributed by atoms with E-state index in [0.29, 0.717) is 17.6 Å². The first-order valence-corrected chi connectivity index (χ1v) is 6.16. The minimum atomic E-state index is 0.573. The number of benzene rings is 1. The van der Waals surface area contributed by atoms with Crippen LogP contribution in [-0.4, -0.2) is 18.8 Å². The van der Waals surface area contributed by atoms with Gasteiger partial charge >= 0.3 is 0 Å². The molecule has 3 nitrogen and oxygen atoms in total. The Balaban J connectivity index is 2.58. The van der Waals surface area contributed by atoms with Gasteiger partial charge in [0.25, 0.3) is 0 Å². The first-order chi connectivity index (χ1) is 8.13. The van der Waals surface area contributed by atoms with E-state index >= 15 is 0 Å². The van der Waals surface area contributed by atoms with Crippen molar-refractivity contribution in [2.24, 2.45) is 5.92 Å². The second kappa shape index (κ2) is 7.25. The first-order valence-electron chi connectivity index (χ1n) is 5.75. The highest BCUT2D eigenvalue weighted by Gasteiger charge is 2.03. The summed E-state index contributed by atoms with van der Waals surface area (Å²) in [6, 6.07) is 7.99. The average molecular weight is 252 g/mol. The van der Waals surface area contributed by atoms with Gasteiger partial charge in [0.2, 0.25) is 0 Å². The molecule has 0 bridgehead atoms. The molecule has 0 heterocycles. The summed E-state index contributed by atoms with van der Waals surface area (Å²) < 4.78 is 5.14. The molecule has 4 heteroatoms. The Bertz CT molecular complexity index is 366. The fourth-order valence-corrected chi connectivity index (χ4v) is 1.58. The number of methoxy groups -OCH3 is 1. The topological polar surface area (TPSA) is 33.3 Å². The number of hydrogen-bond donors (Lipinski definition) is 2. The summed E-state index contributed by atoms with van der Waals surface area (Å²) in [5, 5.41) is 7.03. The number of thiocarbonyl (C=S) groups is 1. The molecule has 0 spiro atoms. The monoisotopic (exact) mass is 252 g/mol. The standard InChI is InChI=1S/C13H20N2OS/c1-10(2)8-14-13(17)15-12-7-5-4-6-11(12)9-16-3/h4-7,10H,8-9H2,1-3H3,(H2,14,15,17). The van der Waals surface area contributed by atoms with Crippen LogP contribution < -0.4 is 10.6 Å². The number of anilines is 1. The molecule has 1 aromatic carbocycles. The molecule has 0 fully saturated rings. The van der Waals surface area contributed by atoms with E-state index in [1.807, 2.05) is 24.3 Å². The molecule has 0 aliphatic heterocycles. The van der Waals surface area contributed by atoms with Crippen LogP contribution in [0.1, 0.15) is 19.4 Å². The summed E-state index contributed by atoms with van der Waals surface area (Å²) in [4.78, 5) is 0. The van der Waals surface area contributed by atoms with Gasteiger partial charge in [-0.3, -0.25) is 0 Å². The van der Waals surface area contributed by atoms with E-state index in [0.717, 1.165) is 17.8 Å². The van der Waals surface area contributed by atoms with Gasteiger partial charge in [-0.2, -0.15) is 0 Å². The van der Waals surface area contributed by atoms with Gasteiger partial charge in [0.1, 0.15) is 0 Å². The Morgan fingerprint density at radius 3 is 2.71 bits per heavy atom. The summed E-state index contributed by atoms with van der Waals surface area (Å²) in [6.45, 7) is 5.75. The van der Waals surface area contributed by atoms with Gasteiger partial charge < -0.3 is 15.4 Å². The van der Waals surface area contributed by atoms with Crippen molar-refractivity contribution < 1.29 is 4.74 Å². The minimum absolute atomic E-state index is 0.573. The third-order valence-electron chi connectivity index (χ3n) is 2.24. The highest BCUT2D eigenvalue weighted by Crippen LogP contribution is 2.15. The lowest BCUT2D eigenvalue weighted by molar-refractivity contribution is 0.185. The van der Waals surface area contributed by atoms with Gasteiger partial charge in [-0.1, -0.05) is 32.0 Å². The molecule has 0 aliphatic carbocycles. The van der Waals surface area contributed by atoms with Crippen molar-refractivity contribution in [3.05, 3.63) is 29.8 Å². The van der Waals surface area contributed by atoms with Crippen molar-refractivity contribution in [3.63, 3.8) is 0 Å². The number of para-hydroxylation sites is 1. The van der Waals surface area contributed by atoms with Gasteiger partial charge in [0.15, 0.2) is 5.11 Å². The van der Waals surface area contributed by atoms with E-state index in [1.165, 1.54) is 0 Å². The number of nitrogens with one attached hydrogen (secondary N) is 2. The molecule has 94 valence electrons. The molecule has 1 rings (SSSR count). The van der Waals surface area contributed by atoms with Crippen LogP contribution in [0, 0.1) is 5.92 Å². The second-order valence-electron chi connectivity index (χ2n) is 4.32. The molecule has 0 saturated carbocycles. The molecular formula is C13H20N2OS. The van der Waals surface area contributed by atoms with Crippen molar-refractivity contribution in [2.75, 3.05) is 19.0 Å². The minimum Gasteiger partial charge on any atom is -0.380 e. The lowest BCUT2D eigenvalue weighted by atomic mass is 10.2. The zero-order valence-corrected chi connectivity index (χ0v) is 11.4. The molecule has 0 saturated heterocycles. The normalized spacial score (nSPS) is 10.4. The maximum absolute atomic E-state index is 5.24. The molecular weight excluding hydrogens is 232 g/mol. The molecule has 0 atom stereocenters. The Morgan fingerprint density at radius 2 is 2.06 bits per heavy atom. The van der Waals surface area contributed by atoms with E-state index in [4.69, 9.17) is 17.0 Å². The Labute approximate surface area is 109 Å². The summed E-state index contributed by atoms with van der Waals surface area (Å²) in [6.07, 6.45) is 0. The summed E-state index contributed by atoms with van der Waals surface area (Å²) in [7, 11) is 1.69. The van der Waals surface area contributed by atoms with Crippen molar-refractivity contribution in [2.45, 2.75) is 20.5 Å². The lowest BCUT2D eigenvalue weighted by Gasteiger charge is -2.14. The molecule has 0 amide bonds. The molecule has 0 radical (unpaired) electrons. The third kappa shape index (κ3) is 5.15. The molecule has 0 unspecified atom stereocenters. The van der Waals surface area contributed by atoms with Crippen molar-refractivity contribution in [1.29, 1.82) is 0 Å². The van der Waals surface area contributed by atoms with E-state index in [9.17, 15) is 0 Å². The van der Waals surface area contributed by atoms with Gasteiger partial charge in [-0.05, 0) is 24.2 Å². The smallest absolute Gasteiger partial charge is 0.170 e. The molecule has 0 aromatic heterocycles. The second-order valence-corrected chi connectivity index (χ2v) is 4.73. The van der Waals surface area contributed by atoms with E-state index < -0.39 is 0 Å². The van der Waals surface area contributed by atoms with Crippen LogP contribution in [-0.2, 0) is 11.3 Å². The highest BCUT2D eigenvalue weighted by atomic mass is 32.1. The molecule has 1 aromatic rings. The highest BCUT2D eigenvalue weighted by molar-refractivity contribution is 7.80. The molecule has 17 heavy (non-hydrogen) atoms. The largest absolute Gasteiger partial charge is 0.380 e. The predicted molar refractivity (Wildman–Crippen MR) is 76.2 cm³/mol. The third-order valence-corrected chi connectivity index (χ3v) is 2.48. The van der Waals surface area contributed by atoms with Crippen LogP contribution in [0.4, 0.5) is 5.69 Å². The van der Waals surface area contributed by atoms with Crippen molar-refractivity contribution in [1.82, 2.24) is 5.32 Å². The number of rotatable bonds is 5. The van der Waals surface area contributed by atoms with Crippen LogP contribution in [0.2, 0.25) is 0 Å². The Kier molecular flexibility index (Phi) is 5.94. The van der Waals surface area contributed by atoms with Crippen molar-refractivity contribution in [3.8, 4) is 0 Å². The zero-order valence-electron chi connectivity index (χ0n) is 10.6. The number of hydrogen-bond acceptors (Lipinski definition) is 2. The van der Waals surface area contributed by atoms with Crippen molar-refractivity contribution >= 4 is 23.0 Å².